The maximum absolute atomic E-state index is 11.7. The number of thiol groups is 3. The summed E-state index contributed by atoms with van der Waals surface area (Å²) in [5.74, 6) is 1.57. The van der Waals surface area contributed by atoms with Crippen molar-refractivity contribution in [2.45, 2.75) is 24.4 Å². The van der Waals surface area contributed by atoms with Gasteiger partial charge in [-0.15, -0.1) is 17.0 Å². The largest absolute Gasteiger partial charge is 0.390 e. The molecular formula is C24H34Br2O6S4. The van der Waals surface area contributed by atoms with Crippen LogP contribution in [0.4, 0.5) is 0 Å². The molecule has 0 radical (unpaired) electrons. The molecule has 0 fully saturated rings. The van der Waals surface area contributed by atoms with Crippen LogP contribution < -0.4 is 0 Å². The van der Waals surface area contributed by atoms with Gasteiger partial charge in [0.15, 0.2) is 11.6 Å². The van der Waals surface area contributed by atoms with Crippen molar-refractivity contribution in [1.82, 2.24) is 0 Å². The summed E-state index contributed by atoms with van der Waals surface area (Å²) < 4.78 is 0. The Balaban J connectivity index is 0. The first kappa shape index (κ1) is 38.1. The molecule has 0 aliphatic rings. The molecule has 12 heteroatoms. The van der Waals surface area contributed by atoms with Crippen LogP contribution >= 0.6 is 82.6 Å². The number of aliphatic hydroxyl groups excluding tert-OH is 4. The average Bonchev–Trinajstić information content (AvgIpc) is 2.92. The predicted molar refractivity (Wildman–Crippen MR) is 169 cm³/mol. The number of hydrogen-bond acceptors (Lipinski definition) is 10. The maximum atomic E-state index is 11.7. The molecule has 0 bridgehead atoms. The highest BCUT2D eigenvalue weighted by Crippen LogP contribution is 2.10. The molecule has 4 N–H and O–H groups in total. The first-order valence-electron chi connectivity index (χ1n) is 10.6. The lowest BCUT2D eigenvalue weighted by Gasteiger charge is -2.14. The predicted octanol–water partition coefficient (Wildman–Crippen LogP) is 3.66. The Morgan fingerprint density at radius 2 is 1.06 bits per heavy atom. The van der Waals surface area contributed by atoms with Gasteiger partial charge in [-0.05, 0) is 0 Å². The number of rotatable bonds is 12. The van der Waals surface area contributed by atoms with Crippen molar-refractivity contribution in [3.05, 3.63) is 71.8 Å². The van der Waals surface area contributed by atoms with Gasteiger partial charge in [0.05, 0.1) is 35.5 Å². The van der Waals surface area contributed by atoms with Crippen molar-refractivity contribution in [3.8, 4) is 0 Å². The zero-order valence-electron chi connectivity index (χ0n) is 19.5. The summed E-state index contributed by atoms with van der Waals surface area (Å²) in [6.07, 6.45) is -3.15. The number of ketones is 2. The number of carbonyl (C=O) groups excluding carboxylic acids is 2. The molecule has 36 heavy (non-hydrogen) atoms. The Bertz CT molecular complexity index is 813. The summed E-state index contributed by atoms with van der Waals surface area (Å²) in [4.78, 5) is 22.7. The first-order valence-corrected chi connectivity index (χ1v) is 14.7. The van der Waals surface area contributed by atoms with Crippen LogP contribution in [0, 0.1) is 0 Å². The number of hydrogen-bond donors (Lipinski definition) is 7. The highest BCUT2D eigenvalue weighted by Gasteiger charge is 2.15. The molecular weight excluding hydrogens is 672 g/mol. The van der Waals surface area contributed by atoms with Crippen LogP contribution in [0.1, 0.15) is 20.7 Å². The number of halogens is 2. The van der Waals surface area contributed by atoms with Crippen LogP contribution in [-0.4, -0.2) is 90.5 Å². The normalized spacial score (nSPS) is 13.3. The van der Waals surface area contributed by atoms with Crippen molar-refractivity contribution in [3.63, 3.8) is 0 Å². The fourth-order valence-corrected chi connectivity index (χ4v) is 4.14. The van der Waals surface area contributed by atoms with E-state index in [-0.39, 0.29) is 45.8 Å². The molecule has 0 spiro atoms. The van der Waals surface area contributed by atoms with Crippen molar-refractivity contribution >= 4 is 94.1 Å². The number of benzene rings is 2. The number of aliphatic hydroxyl groups is 4. The SMILES string of the molecule is Br.O=C(CBr)c1ccccc1.O=C(CSCC(O)C(O)CS)c1ccccc1.OC(CS)C(O)CS. The van der Waals surface area contributed by atoms with Crippen LogP contribution in [0.2, 0.25) is 0 Å². The van der Waals surface area contributed by atoms with Gasteiger partial charge in [0.25, 0.3) is 0 Å². The molecule has 0 amide bonds. The number of carbonyl (C=O) groups is 2. The molecule has 4 unspecified atom stereocenters. The molecule has 2 aromatic rings. The van der Waals surface area contributed by atoms with Gasteiger partial charge in [0.2, 0.25) is 0 Å². The quantitative estimate of drug-likeness (QED) is 0.103. The van der Waals surface area contributed by atoms with E-state index in [1.807, 2.05) is 48.5 Å². The molecule has 0 aliphatic carbocycles. The van der Waals surface area contributed by atoms with Gasteiger partial charge in [-0.2, -0.15) is 49.6 Å². The van der Waals surface area contributed by atoms with Crippen molar-refractivity contribution in [2.75, 3.05) is 34.1 Å². The zero-order chi connectivity index (χ0) is 26.6. The molecule has 204 valence electrons. The van der Waals surface area contributed by atoms with Crippen LogP contribution in [-0.2, 0) is 0 Å². The summed E-state index contributed by atoms with van der Waals surface area (Å²) in [5.41, 5.74) is 1.43. The molecule has 0 saturated heterocycles. The third kappa shape index (κ3) is 17.5. The highest BCUT2D eigenvalue weighted by atomic mass is 79.9. The molecule has 0 aromatic heterocycles. The summed E-state index contributed by atoms with van der Waals surface area (Å²) in [6.45, 7) is 0. The Morgan fingerprint density at radius 3 is 1.42 bits per heavy atom. The van der Waals surface area contributed by atoms with E-state index in [4.69, 9.17) is 10.2 Å². The van der Waals surface area contributed by atoms with Gasteiger partial charge >= 0.3 is 0 Å². The smallest absolute Gasteiger partial charge is 0.173 e. The maximum Gasteiger partial charge on any atom is 0.173 e. The van der Waals surface area contributed by atoms with Crippen LogP contribution in [0.3, 0.4) is 0 Å². The van der Waals surface area contributed by atoms with E-state index in [9.17, 15) is 19.8 Å². The summed E-state index contributed by atoms with van der Waals surface area (Å²) >= 11 is 15.8. The molecule has 0 heterocycles. The number of alkyl halides is 1. The fraction of sp³-hybridized carbons (Fsp3) is 0.417. The first-order chi connectivity index (χ1) is 16.7. The molecule has 6 nitrogen and oxygen atoms in total. The van der Waals surface area contributed by atoms with E-state index in [1.54, 1.807) is 12.1 Å². The van der Waals surface area contributed by atoms with E-state index < -0.39 is 24.4 Å². The van der Waals surface area contributed by atoms with Crippen molar-refractivity contribution < 1.29 is 30.0 Å². The van der Waals surface area contributed by atoms with Crippen molar-refractivity contribution in [2.24, 2.45) is 0 Å². The van der Waals surface area contributed by atoms with E-state index in [0.717, 1.165) is 5.56 Å². The second-order valence-electron chi connectivity index (χ2n) is 7.04. The van der Waals surface area contributed by atoms with E-state index in [0.29, 0.717) is 22.4 Å². The summed E-state index contributed by atoms with van der Waals surface area (Å²) in [7, 11) is 0. The average molecular weight is 707 g/mol. The number of Topliss-reactive ketones (excluding diaryl/α,β-unsaturated/α-hetero) is 2. The minimum atomic E-state index is -0.835. The number of thioether (sulfide) groups is 1. The molecule has 2 aromatic carbocycles. The Kier molecular flexibility index (Phi) is 25.5. The topological polar surface area (TPSA) is 115 Å². The van der Waals surface area contributed by atoms with Crippen LogP contribution in [0.5, 0.6) is 0 Å². The van der Waals surface area contributed by atoms with E-state index in [2.05, 4.69) is 53.8 Å². The Labute approximate surface area is 252 Å². The standard InChI is InChI=1S/C12H16O3S2.C8H7BrO.C4H10O2S2.BrH/c13-10(6-16)12(15)8-17-7-11(14)9-4-2-1-3-5-9;9-6-8(10)7-4-2-1-3-5-7;5-3(1-7)4(6)2-8;/h1-5,10,12-13,15-16H,6-8H2;1-5H,6H2;3-8H,1-2H2;1H. The minimum Gasteiger partial charge on any atom is -0.390 e. The van der Waals surface area contributed by atoms with Crippen LogP contribution in [0.25, 0.3) is 0 Å². The van der Waals surface area contributed by atoms with Gasteiger partial charge in [-0.3, -0.25) is 9.59 Å². The van der Waals surface area contributed by atoms with Crippen molar-refractivity contribution in [1.29, 1.82) is 0 Å². The lowest BCUT2D eigenvalue weighted by Crippen LogP contribution is -2.29. The molecule has 0 saturated carbocycles. The summed E-state index contributed by atoms with van der Waals surface area (Å²) in [6, 6.07) is 18.2. The Morgan fingerprint density at radius 1 is 0.694 bits per heavy atom. The fourth-order valence-electron chi connectivity index (χ4n) is 2.16. The molecule has 2 rings (SSSR count). The van der Waals surface area contributed by atoms with Gasteiger partial charge in [0.1, 0.15) is 0 Å². The lowest BCUT2D eigenvalue weighted by atomic mass is 10.2. The van der Waals surface area contributed by atoms with Crippen LogP contribution in [0.15, 0.2) is 60.7 Å². The van der Waals surface area contributed by atoms with Gasteiger partial charge < -0.3 is 20.4 Å². The van der Waals surface area contributed by atoms with E-state index >= 15 is 0 Å². The monoisotopic (exact) mass is 704 g/mol. The third-order valence-corrected chi connectivity index (χ3v) is 6.96. The second-order valence-corrected chi connectivity index (χ2v) is 9.73. The molecule has 0 aliphatic heterocycles. The zero-order valence-corrected chi connectivity index (χ0v) is 26.3. The second kappa shape index (κ2) is 24.1. The van der Waals surface area contributed by atoms with Gasteiger partial charge in [-0.25, -0.2) is 0 Å². The Hall–Kier alpha value is -0.0200. The molecule has 4 atom stereocenters. The lowest BCUT2D eigenvalue weighted by molar-refractivity contribution is 0.0502. The van der Waals surface area contributed by atoms with E-state index in [1.165, 1.54) is 11.8 Å². The summed E-state index contributed by atoms with van der Waals surface area (Å²) in [5, 5.41) is 36.7. The minimum absolute atomic E-state index is 0. The van der Waals surface area contributed by atoms with Gasteiger partial charge in [-0.1, -0.05) is 76.6 Å². The van der Waals surface area contributed by atoms with Gasteiger partial charge in [0, 0.05) is 34.1 Å². The highest BCUT2D eigenvalue weighted by molar-refractivity contribution is 9.09. The third-order valence-electron chi connectivity index (χ3n) is 4.28.